The predicted molar refractivity (Wildman–Crippen MR) is 142 cm³/mol. The molecule has 1 fully saturated rings. The summed E-state index contributed by atoms with van der Waals surface area (Å²) in [5.74, 6) is 0.914. The van der Waals surface area contributed by atoms with Crippen LogP contribution in [0, 0.1) is 11.8 Å². The van der Waals surface area contributed by atoms with Crippen LogP contribution in [0.2, 0.25) is 0 Å². The van der Waals surface area contributed by atoms with Crippen LogP contribution in [0.5, 0.6) is 0 Å². The fourth-order valence-electron chi connectivity index (χ4n) is 4.11. The van der Waals surface area contributed by atoms with Gasteiger partial charge in [0, 0.05) is 57.4 Å². The topological polar surface area (TPSA) is 32.8 Å². The zero-order valence-electron chi connectivity index (χ0n) is 20.2. The van der Waals surface area contributed by atoms with Crippen LogP contribution in [0.25, 0.3) is 0 Å². The number of halogens is 2. The molecule has 3 rings (SSSR count). The number of ketones is 1. The summed E-state index contributed by atoms with van der Waals surface area (Å²) in [4.78, 5) is 17.6. The molecule has 2 atom stereocenters. The second-order valence-corrected chi connectivity index (χ2v) is 9.19. The molecule has 2 aromatic carbocycles. The predicted octanol–water partition coefficient (Wildman–Crippen LogP) is 5.77. The SMILES string of the molecule is CC(C)CCOC(CN1CCN(CC(C)C(=O)c2ccccc2)CC1)c1ccccc1.Cl.Cl. The van der Waals surface area contributed by atoms with E-state index in [0.717, 1.165) is 57.9 Å². The molecule has 33 heavy (non-hydrogen) atoms. The molecule has 1 aliphatic heterocycles. The highest BCUT2D eigenvalue weighted by molar-refractivity contribution is 5.97. The van der Waals surface area contributed by atoms with Crippen LogP contribution in [-0.4, -0.2) is 61.5 Å². The van der Waals surface area contributed by atoms with Gasteiger partial charge in [-0.05, 0) is 17.9 Å². The lowest BCUT2D eigenvalue weighted by molar-refractivity contribution is 0.00702. The van der Waals surface area contributed by atoms with E-state index in [9.17, 15) is 4.79 Å². The van der Waals surface area contributed by atoms with E-state index in [1.54, 1.807) is 0 Å². The van der Waals surface area contributed by atoms with Crippen LogP contribution in [-0.2, 0) is 4.74 Å². The first kappa shape index (κ1) is 29.6. The lowest BCUT2D eigenvalue weighted by Gasteiger charge is -2.37. The number of piperazine rings is 1. The maximum Gasteiger partial charge on any atom is 0.166 e. The maximum absolute atomic E-state index is 12.7. The molecule has 1 saturated heterocycles. The Morgan fingerprint density at radius 3 is 1.88 bits per heavy atom. The summed E-state index contributed by atoms with van der Waals surface area (Å²) in [5, 5.41) is 0. The molecule has 0 spiro atoms. The fraction of sp³-hybridized carbons (Fsp3) is 0.519. The van der Waals surface area contributed by atoms with E-state index >= 15 is 0 Å². The minimum Gasteiger partial charge on any atom is -0.372 e. The van der Waals surface area contributed by atoms with Gasteiger partial charge in [0.15, 0.2) is 5.78 Å². The molecule has 4 nitrogen and oxygen atoms in total. The van der Waals surface area contributed by atoms with Crippen LogP contribution in [0.3, 0.4) is 0 Å². The van der Waals surface area contributed by atoms with Gasteiger partial charge in [0.1, 0.15) is 0 Å². The van der Waals surface area contributed by atoms with E-state index in [4.69, 9.17) is 4.74 Å². The van der Waals surface area contributed by atoms with Crippen molar-refractivity contribution in [2.24, 2.45) is 11.8 Å². The molecule has 0 amide bonds. The molecule has 0 bridgehead atoms. The summed E-state index contributed by atoms with van der Waals surface area (Å²) in [5.41, 5.74) is 2.08. The van der Waals surface area contributed by atoms with E-state index in [-0.39, 0.29) is 42.6 Å². The second kappa shape index (κ2) is 15.5. The Kier molecular flexibility index (Phi) is 13.9. The number of rotatable bonds is 11. The quantitative estimate of drug-likeness (QED) is 0.371. The molecule has 0 saturated carbocycles. The van der Waals surface area contributed by atoms with Gasteiger partial charge in [0.2, 0.25) is 0 Å². The van der Waals surface area contributed by atoms with Gasteiger partial charge in [-0.3, -0.25) is 9.69 Å². The third kappa shape index (κ3) is 9.76. The van der Waals surface area contributed by atoms with Gasteiger partial charge in [0.25, 0.3) is 0 Å². The average Bonchev–Trinajstić information content (AvgIpc) is 2.80. The van der Waals surface area contributed by atoms with Gasteiger partial charge in [0.05, 0.1) is 6.10 Å². The molecule has 2 aromatic rings. The number of ether oxygens (including phenoxy) is 1. The van der Waals surface area contributed by atoms with E-state index in [0.29, 0.717) is 5.92 Å². The van der Waals surface area contributed by atoms with Gasteiger partial charge in [-0.1, -0.05) is 81.4 Å². The standard InChI is InChI=1S/C27H38N2O2.2ClH/c1-22(2)14-19-31-26(24-10-6-4-7-11-24)21-29-17-15-28(16-18-29)20-23(3)27(30)25-12-8-5-9-13-25;;/h4-13,22-23,26H,14-21H2,1-3H3;2*1H. The Morgan fingerprint density at radius 2 is 1.33 bits per heavy atom. The molecule has 1 aliphatic rings. The summed E-state index contributed by atoms with van der Waals surface area (Å²) in [7, 11) is 0. The number of carbonyl (C=O) groups excluding carboxylic acids is 1. The first-order valence-electron chi connectivity index (χ1n) is 11.7. The van der Waals surface area contributed by atoms with Crippen LogP contribution in [0.1, 0.15) is 49.2 Å². The summed E-state index contributed by atoms with van der Waals surface area (Å²) < 4.78 is 6.31. The highest BCUT2D eigenvalue weighted by Crippen LogP contribution is 2.21. The Hall–Kier alpha value is -1.43. The molecular weight excluding hydrogens is 455 g/mol. The molecule has 6 heteroatoms. The zero-order chi connectivity index (χ0) is 22.1. The highest BCUT2D eigenvalue weighted by Gasteiger charge is 2.24. The van der Waals surface area contributed by atoms with E-state index in [1.165, 1.54) is 5.56 Å². The highest BCUT2D eigenvalue weighted by atomic mass is 35.5. The van der Waals surface area contributed by atoms with Gasteiger partial charge >= 0.3 is 0 Å². The molecule has 0 aromatic heterocycles. The van der Waals surface area contributed by atoms with Gasteiger partial charge in [-0.15, -0.1) is 24.8 Å². The van der Waals surface area contributed by atoms with Crippen molar-refractivity contribution in [3.63, 3.8) is 0 Å². The van der Waals surface area contributed by atoms with Crippen molar-refractivity contribution in [2.45, 2.75) is 33.3 Å². The smallest absolute Gasteiger partial charge is 0.166 e. The zero-order valence-corrected chi connectivity index (χ0v) is 21.8. The summed E-state index contributed by atoms with van der Waals surface area (Å²) >= 11 is 0. The first-order chi connectivity index (χ1) is 15.0. The van der Waals surface area contributed by atoms with Crippen molar-refractivity contribution >= 4 is 30.6 Å². The number of benzene rings is 2. The van der Waals surface area contributed by atoms with Gasteiger partial charge < -0.3 is 9.64 Å². The number of carbonyl (C=O) groups is 1. The number of nitrogens with zero attached hydrogens (tertiary/aromatic N) is 2. The van der Waals surface area contributed by atoms with Crippen molar-refractivity contribution in [1.29, 1.82) is 0 Å². The summed E-state index contributed by atoms with van der Waals surface area (Å²) in [6, 6.07) is 20.3. The van der Waals surface area contributed by atoms with Crippen molar-refractivity contribution in [1.82, 2.24) is 9.80 Å². The Balaban J connectivity index is 0.00000272. The van der Waals surface area contributed by atoms with Gasteiger partial charge in [-0.25, -0.2) is 0 Å². The number of Topliss-reactive ketones (excluding diaryl/α,β-unsaturated/α-hetero) is 1. The molecule has 1 heterocycles. The van der Waals surface area contributed by atoms with Crippen LogP contribution >= 0.6 is 24.8 Å². The number of hydrogen-bond donors (Lipinski definition) is 0. The largest absolute Gasteiger partial charge is 0.372 e. The normalized spacial score (nSPS) is 16.5. The third-order valence-electron chi connectivity index (χ3n) is 6.11. The molecule has 0 radical (unpaired) electrons. The second-order valence-electron chi connectivity index (χ2n) is 9.19. The van der Waals surface area contributed by atoms with E-state index < -0.39 is 0 Å². The lowest BCUT2D eigenvalue weighted by Crippen LogP contribution is -2.49. The summed E-state index contributed by atoms with van der Waals surface area (Å²) in [6.07, 6.45) is 1.20. The molecule has 0 aliphatic carbocycles. The van der Waals surface area contributed by atoms with E-state index in [2.05, 4.69) is 60.9 Å². The monoisotopic (exact) mass is 494 g/mol. The molecule has 184 valence electrons. The Morgan fingerprint density at radius 1 is 0.818 bits per heavy atom. The third-order valence-corrected chi connectivity index (χ3v) is 6.11. The van der Waals surface area contributed by atoms with Crippen LogP contribution in [0.4, 0.5) is 0 Å². The van der Waals surface area contributed by atoms with Crippen molar-refractivity contribution < 1.29 is 9.53 Å². The van der Waals surface area contributed by atoms with Crippen LogP contribution in [0.15, 0.2) is 60.7 Å². The maximum atomic E-state index is 12.7. The Bertz CT molecular complexity index is 781. The van der Waals surface area contributed by atoms with Crippen molar-refractivity contribution in [3.8, 4) is 0 Å². The fourth-order valence-corrected chi connectivity index (χ4v) is 4.11. The van der Waals surface area contributed by atoms with E-state index in [1.807, 2.05) is 30.3 Å². The summed E-state index contributed by atoms with van der Waals surface area (Å²) in [6.45, 7) is 13.1. The molecular formula is C27H40Cl2N2O2. The van der Waals surface area contributed by atoms with Crippen molar-refractivity contribution in [3.05, 3.63) is 71.8 Å². The van der Waals surface area contributed by atoms with Crippen LogP contribution < -0.4 is 0 Å². The average molecular weight is 496 g/mol. The first-order valence-corrected chi connectivity index (χ1v) is 11.7. The van der Waals surface area contributed by atoms with Gasteiger partial charge in [-0.2, -0.15) is 0 Å². The molecule has 0 N–H and O–H groups in total. The Labute approximate surface area is 212 Å². The number of hydrogen-bond acceptors (Lipinski definition) is 4. The molecule has 2 unspecified atom stereocenters. The lowest BCUT2D eigenvalue weighted by atomic mass is 9.98. The minimum absolute atomic E-state index is 0. The van der Waals surface area contributed by atoms with Crippen molar-refractivity contribution in [2.75, 3.05) is 45.9 Å². The minimum atomic E-state index is 0.